The summed E-state index contributed by atoms with van der Waals surface area (Å²) in [6, 6.07) is 0. The fourth-order valence-electron chi connectivity index (χ4n) is 1.47. The van der Waals surface area contributed by atoms with Crippen molar-refractivity contribution >= 4 is 26.9 Å². The maximum Gasteiger partial charge on any atom is 0.136 e. The van der Waals surface area contributed by atoms with Gasteiger partial charge in [-0.3, -0.25) is 0 Å². The normalized spacial score (nSPS) is 37.0. The number of ether oxygens (including phenoxy) is 1. The van der Waals surface area contributed by atoms with Crippen LogP contribution in [0.25, 0.3) is 0 Å². The molecule has 1 rings (SSSR count). The van der Waals surface area contributed by atoms with E-state index < -0.39 is 17.7 Å². The Balaban J connectivity index is 2.42. The van der Waals surface area contributed by atoms with E-state index in [9.17, 15) is 4.39 Å². The predicted molar refractivity (Wildman–Crippen MR) is 60.6 cm³/mol. The van der Waals surface area contributed by atoms with Gasteiger partial charge in [-0.2, -0.15) is 0 Å². The van der Waals surface area contributed by atoms with Crippen molar-refractivity contribution in [2.24, 2.45) is 5.41 Å². The molecule has 0 aromatic rings. The minimum atomic E-state index is -0.973. The summed E-state index contributed by atoms with van der Waals surface area (Å²) in [6.45, 7) is 5.91. The van der Waals surface area contributed by atoms with Crippen LogP contribution in [0.4, 0.5) is 4.39 Å². The Morgan fingerprint density at radius 3 is 2.71 bits per heavy atom. The number of hydrogen-bond donors (Lipinski definition) is 0. The fourth-order valence-corrected chi connectivity index (χ4v) is 2.15. The maximum atomic E-state index is 13.8. The van der Waals surface area contributed by atoms with E-state index >= 15 is 0 Å². The standard InChI is InChI=1S/C8H15BFO2PS/c1-5-8(2,3)7(10)6(12-5)4-11-14-13-9/h5-7,13H,4H2,1-3H3. The minimum Gasteiger partial charge on any atom is -0.369 e. The van der Waals surface area contributed by atoms with Crippen LogP contribution in [0.3, 0.4) is 0 Å². The van der Waals surface area contributed by atoms with Crippen LogP contribution in [0.5, 0.6) is 0 Å². The smallest absolute Gasteiger partial charge is 0.136 e. The van der Waals surface area contributed by atoms with Gasteiger partial charge in [0, 0.05) is 17.1 Å². The summed E-state index contributed by atoms with van der Waals surface area (Å²) in [4.78, 5) is 0. The van der Waals surface area contributed by atoms with Crippen LogP contribution in [0.15, 0.2) is 0 Å². The van der Waals surface area contributed by atoms with Crippen molar-refractivity contribution in [1.82, 2.24) is 0 Å². The lowest BCUT2D eigenvalue weighted by atomic mass is 9.83. The van der Waals surface area contributed by atoms with Gasteiger partial charge in [-0.25, -0.2) is 4.39 Å². The molecule has 0 saturated carbocycles. The molecule has 4 unspecified atom stereocenters. The molecule has 6 heteroatoms. The third kappa shape index (κ3) is 2.63. The van der Waals surface area contributed by atoms with Gasteiger partial charge in [0.1, 0.15) is 19.8 Å². The maximum absolute atomic E-state index is 13.8. The first-order chi connectivity index (χ1) is 6.50. The average molecular weight is 236 g/mol. The average Bonchev–Trinajstić information content (AvgIpc) is 2.31. The highest BCUT2D eigenvalue weighted by molar-refractivity contribution is 8.53. The van der Waals surface area contributed by atoms with Crippen molar-refractivity contribution < 1.29 is 13.3 Å². The Bertz CT molecular complexity index is 196. The van der Waals surface area contributed by atoms with E-state index in [1.54, 1.807) is 0 Å². The Morgan fingerprint density at radius 1 is 1.64 bits per heavy atom. The monoisotopic (exact) mass is 236 g/mol. The van der Waals surface area contributed by atoms with Gasteiger partial charge in [-0.05, 0) is 6.92 Å². The molecule has 1 saturated heterocycles. The summed E-state index contributed by atoms with van der Waals surface area (Å²) in [6.07, 6.45) is -1.50. The number of halogens is 1. The van der Waals surface area contributed by atoms with Gasteiger partial charge in [0.25, 0.3) is 0 Å². The van der Waals surface area contributed by atoms with Gasteiger partial charge in [-0.1, -0.05) is 21.5 Å². The van der Waals surface area contributed by atoms with Crippen molar-refractivity contribution in [2.45, 2.75) is 39.2 Å². The lowest BCUT2D eigenvalue weighted by Crippen LogP contribution is -2.32. The van der Waals surface area contributed by atoms with Crippen LogP contribution in [0.2, 0.25) is 0 Å². The second kappa shape index (κ2) is 5.15. The lowest BCUT2D eigenvalue weighted by Gasteiger charge is -2.23. The Hall–Kier alpha value is 0.695. The summed E-state index contributed by atoms with van der Waals surface area (Å²) in [5.41, 5.74) is -0.427. The van der Waals surface area contributed by atoms with Crippen molar-refractivity contribution in [3.63, 3.8) is 0 Å². The first kappa shape index (κ1) is 12.8. The van der Waals surface area contributed by atoms with E-state index in [2.05, 4.69) is 0 Å². The van der Waals surface area contributed by atoms with Crippen LogP contribution in [-0.2, 0) is 8.92 Å². The molecule has 0 amide bonds. The minimum absolute atomic E-state index is 0.0728. The highest BCUT2D eigenvalue weighted by atomic mass is 32.7. The molecule has 0 aliphatic carbocycles. The second-order valence-corrected chi connectivity index (χ2v) is 5.87. The van der Waals surface area contributed by atoms with Gasteiger partial charge >= 0.3 is 0 Å². The SMILES string of the molecule is [B]PSOCC1OC(C)C(C)(C)C1F. The molecular formula is C8H15BFO2PS. The lowest BCUT2D eigenvalue weighted by molar-refractivity contribution is 0.00773. The molecule has 0 N–H and O–H groups in total. The van der Waals surface area contributed by atoms with E-state index in [1.807, 2.05) is 20.8 Å². The third-order valence-corrected chi connectivity index (χ3v) is 3.80. The Labute approximate surface area is 91.8 Å². The molecule has 14 heavy (non-hydrogen) atoms. The fraction of sp³-hybridized carbons (Fsp3) is 1.00. The van der Waals surface area contributed by atoms with Crippen LogP contribution >= 0.6 is 19.3 Å². The van der Waals surface area contributed by atoms with Crippen molar-refractivity contribution in [2.75, 3.05) is 6.61 Å². The van der Waals surface area contributed by atoms with Gasteiger partial charge < -0.3 is 8.92 Å². The van der Waals surface area contributed by atoms with Gasteiger partial charge in [0.2, 0.25) is 0 Å². The molecule has 1 fully saturated rings. The molecule has 2 nitrogen and oxygen atoms in total. The van der Waals surface area contributed by atoms with Crippen LogP contribution in [-0.4, -0.2) is 32.6 Å². The molecule has 4 atom stereocenters. The van der Waals surface area contributed by atoms with Crippen LogP contribution < -0.4 is 0 Å². The predicted octanol–water partition coefficient (Wildman–Crippen LogP) is 2.48. The number of rotatable bonds is 4. The van der Waals surface area contributed by atoms with Crippen LogP contribution in [0, 0.1) is 5.41 Å². The first-order valence-corrected chi connectivity index (χ1v) is 7.08. The van der Waals surface area contributed by atoms with Crippen molar-refractivity contribution in [3.8, 4) is 0 Å². The summed E-state index contributed by atoms with van der Waals surface area (Å²) in [7, 11) is 5.43. The summed E-state index contributed by atoms with van der Waals surface area (Å²) >= 11 is 1.16. The zero-order valence-corrected chi connectivity index (χ0v) is 10.4. The molecule has 2 radical (unpaired) electrons. The van der Waals surface area contributed by atoms with E-state index in [-0.39, 0.29) is 20.4 Å². The molecule has 0 spiro atoms. The largest absolute Gasteiger partial charge is 0.369 e. The quantitative estimate of drug-likeness (QED) is 0.323. The topological polar surface area (TPSA) is 18.5 Å². The summed E-state index contributed by atoms with van der Waals surface area (Å²) < 4.78 is 24.4. The van der Waals surface area contributed by atoms with E-state index in [0.717, 1.165) is 11.7 Å². The zero-order chi connectivity index (χ0) is 10.8. The number of hydrogen-bond acceptors (Lipinski definition) is 3. The molecule has 0 bridgehead atoms. The first-order valence-electron chi connectivity index (χ1n) is 4.53. The molecule has 1 aliphatic rings. The van der Waals surface area contributed by atoms with E-state index in [4.69, 9.17) is 16.5 Å². The van der Waals surface area contributed by atoms with Crippen molar-refractivity contribution in [3.05, 3.63) is 0 Å². The van der Waals surface area contributed by atoms with Gasteiger partial charge in [-0.15, -0.1) is 0 Å². The van der Waals surface area contributed by atoms with Crippen LogP contribution in [0.1, 0.15) is 20.8 Å². The molecular weight excluding hydrogens is 221 g/mol. The van der Waals surface area contributed by atoms with Crippen molar-refractivity contribution in [1.29, 1.82) is 0 Å². The summed E-state index contributed by atoms with van der Waals surface area (Å²) in [5.74, 6) is 0. The number of alkyl halides is 1. The molecule has 80 valence electrons. The zero-order valence-electron chi connectivity index (χ0n) is 8.62. The molecule has 1 heterocycles. The van der Waals surface area contributed by atoms with E-state index in [0.29, 0.717) is 0 Å². The van der Waals surface area contributed by atoms with Gasteiger partial charge in [0.15, 0.2) is 0 Å². The summed E-state index contributed by atoms with van der Waals surface area (Å²) in [5, 5.41) is 0. The molecule has 0 aromatic heterocycles. The van der Waals surface area contributed by atoms with E-state index in [1.165, 1.54) is 0 Å². The molecule has 0 aromatic carbocycles. The molecule has 1 aliphatic heterocycles. The second-order valence-electron chi connectivity index (χ2n) is 4.03. The Kier molecular flexibility index (Phi) is 4.70. The Morgan fingerprint density at radius 2 is 2.29 bits per heavy atom. The highest BCUT2D eigenvalue weighted by Gasteiger charge is 2.48. The van der Waals surface area contributed by atoms with Gasteiger partial charge in [0.05, 0.1) is 12.7 Å². The third-order valence-electron chi connectivity index (χ3n) is 2.80. The highest BCUT2D eigenvalue weighted by Crippen LogP contribution is 2.40.